The zero-order valence-corrected chi connectivity index (χ0v) is 11.2. The van der Waals surface area contributed by atoms with Gasteiger partial charge in [-0.15, -0.1) is 0 Å². The van der Waals surface area contributed by atoms with Crippen LogP contribution in [-0.4, -0.2) is 20.2 Å². The number of benzene rings is 1. The maximum Gasteiger partial charge on any atom is 0.123 e. The van der Waals surface area contributed by atoms with Gasteiger partial charge < -0.3 is 10.1 Å². The summed E-state index contributed by atoms with van der Waals surface area (Å²) in [6, 6.07) is 5.79. The summed E-state index contributed by atoms with van der Waals surface area (Å²) >= 11 is 6.02. The summed E-state index contributed by atoms with van der Waals surface area (Å²) in [5, 5.41) is 3.81. The van der Waals surface area contributed by atoms with E-state index in [1.54, 1.807) is 0 Å². The monoisotopic (exact) mass is 241 g/mol. The molecule has 1 rings (SSSR count). The van der Waals surface area contributed by atoms with Crippen molar-refractivity contribution in [3.05, 3.63) is 28.8 Å². The van der Waals surface area contributed by atoms with Crippen molar-refractivity contribution in [3.8, 4) is 5.75 Å². The SMILES string of the molecule is CNCCOc1ccc(Cl)cc1C(C)(C)C. The van der Waals surface area contributed by atoms with Gasteiger partial charge in [-0.3, -0.25) is 0 Å². The van der Waals surface area contributed by atoms with Crippen molar-refractivity contribution in [1.29, 1.82) is 0 Å². The van der Waals surface area contributed by atoms with Crippen LogP contribution in [0.2, 0.25) is 5.02 Å². The molecule has 2 nitrogen and oxygen atoms in total. The highest BCUT2D eigenvalue weighted by Crippen LogP contribution is 2.33. The van der Waals surface area contributed by atoms with Crippen LogP contribution in [0.25, 0.3) is 0 Å². The molecule has 1 N–H and O–H groups in total. The van der Waals surface area contributed by atoms with Crippen molar-refractivity contribution >= 4 is 11.6 Å². The van der Waals surface area contributed by atoms with E-state index in [2.05, 4.69) is 26.1 Å². The smallest absolute Gasteiger partial charge is 0.123 e. The average Bonchev–Trinajstić information content (AvgIpc) is 2.19. The summed E-state index contributed by atoms with van der Waals surface area (Å²) in [6.45, 7) is 7.98. The summed E-state index contributed by atoms with van der Waals surface area (Å²) in [4.78, 5) is 0. The molecule has 90 valence electrons. The van der Waals surface area contributed by atoms with Crippen molar-refractivity contribution in [3.63, 3.8) is 0 Å². The molecule has 0 radical (unpaired) electrons. The highest BCUT2D eigenvalue weighted by molar-refractivity contribution is 6.30. The highest BCUT2D eigenvalue weighted by Gasteiger charge is 2.19. The fourth-order valence-corrected chi connectivity index (χ4v) is 1.65. The second-order valence-corrected chi connectivity index (χ2v) is 5.28. The number of halogens is 1. The van der Waals surface area contributed by atoms with Crippen molar-refractivity contribution in [1.82, 2.24) is 5.32 Å². The van der Waals surface area contributed by atoms with Crippen molar-refractivity contribution in [2.45, 2.75) is 26.2 Å². The predicted molar refractivity (Wildman–Crippen MR) is 69.6 cm³/mol. The molecule has 0 aromatic heterocycles. The molecule has 3 heteroatoms. The van der Waals surface area contributed by atoms with Crippen molar-refractivity contribution < 1.29 is 4.74 Å². The van der Waals surface area contributed by atoms with E-state index in [0.29, 0.717) is 6.61 Å². The minimum atomic E-state index is 0.0415. The number of ether oxygens (including phenoxy) is 1. The third kappa shape index (κ3) is 3.69. The number of likely N-dealkylation sites (N-methyl/N-ethyl adjacent to an activating group) is 1. The lowest BCUT2D eigenvalue weighted by molar-refractivity contribution is 0.310. The van der Waals surface area contributed by atoms with Gasteiger partial charge in [0, 0.05) is 17.1 Å². The normalized spacial score (nSPS) is 11.6. The van der Waals surface area contributed by atoms with Gasteiger partial charge in [0.1, 0.15) is 12.4 Å². The summed E-state index contributed by atoms with van der Waals surface area (Å²) in [7, 11) is 1.91. The zero-order chi connectivity index (χ0) is 12.2. The maximum atomic E-state index is 6.02. The Morgan fingerprint density at radius 3 is 2.56 bits per heavy atom. The Labute approximate surface area is 103 Å². The van der Waals surface area contributed by atoms with Gasteiger partial charge in [0.15, 0.2) is 0 Å². The zero-order valence-electron chi connectivity index (χ0n) is 10.4. The van der Waals surface area contributed by atoms with Crippen LogP contribution >= 0.6 is 11.6 Å². The van der Waals surface area contributed by atoms with Crippen molar-refractivity contribution in [2.24, 2.45) is 0 Å². The minimum absolute atomic E-state index is 0.0415. The van der Waals surface area contributed by atoms with Gasteiger partial charge in [-0.25, -0.2) is 0 Å². The van der Waals surface area contributed by atoms with Crippen LogP contribution in [0.3, 0.4) is 0 Å². The van der Waals surface area contributed by atoms with E-state index in [1.165, 1.54) is 0 Å². The standard InChI is InChI=1S/C13H20ClNO/c1-13(2,3)11-9-10(14)5-6-12(11)16-8-7-15-4/h5-6,9,15H,7-8H2,1-4H3. The lowest BCUT2D eigenvalue weighted by Crippen LogP contribution is -2.18. The Hall–Kier alpha value is -0.730. The van der Waals surface area contributed by atoms with Crippen LogP contribution in [0.15, 0.2) is 18.2 Å². The molecule has 0 fully saturated rings. The molecule has 0 aliphatic carbocycles. The van der Waals surface area contributed by atoms with Crippen LogP contribution in [0.1, 0.15) is 26.3 Å². The quantitative estimate of drug-likeness (QED) is 0.818. The summed E-state index contributed by atoms with van der Waals surface area (Å²) in [6.07, 6.45) is 0. The van der Waals surface area contributed by atoms with Gasteiger partial charge in [0.25, 0.3) is 0 Å². The van der Waals surface area contributed by atoms with Gasteiger partial charge >= 0.3 is 0 Å². The van der Waals surface area contributed by atoms with E-state index in [-0.39, 0.29) is 5.41 Å². The van der Waals surface area contributed by atoms with E-state index < -0.39 is 0 Å². The number of hydrogen-bond donors (Lipinski definition) is 1. The van der Waals surface area contributed by atoms with E-state index in [4.69, 9.17) is 16.3 Å². The summed E-state index contributed by atoms with van der Waals surface area (Å²) in [5.41, 5.74) is 1.19. The molecular weight excluding hydrogens is 222 g/mol. The Morgan fingerprint density at radius 1 is 1.31 bits per heavy atom. The molecule has 0 unspecified atom stereocenters. The Kier molecular flexibility index (Phi) is 4.63. The number of rotatable bonds is 4. The van der Waals surface area contributed by atoms with E-state index in [1.807, 2.05) is 25.2 Å². The van der Waals surface area contributed by atoms with Gasteiger partial charge in [0.05, 0.1) is 0 Å². The van der Waals surface area contributed by atoms with Crippen LogP contribution < -0.4 is 10.1 Å². The topological polar surface area (TPSA) is 21.3 Å². The van der Waals surface area contributed by atoms with Gasteiger partial charge in [0.2, 0.25) is 0 Å². The lowest BCUT2D eigenvalue weighted by atomic mass is 9.86. The van der Waals surface area contributed by atoms with Crippen LogP contribution in [0.5, 0.6) is 5.75 Å². The molecule has 0 aliphatic heterocycles. The lowest BCUT2D eigenvalue weighted by Gasteiger charge is -2.23. The summed E-state index contributed by atoms with van der Waals surface area (Å²) in [5.74, 6) is 0.923. The molecular formula is C13H20ClNO. The fourth-order valence-electron chi connectivity index (χ4n) is 1.48. The van der Waals surface area contributed by atoms with Crippen molar-refractivity contribution in [2.75, 3.05) is 20.2 Å². The molecule has 0 saturated carbocycles. The largest absolute Gasteiger partial charge is 0.492 e. The first-order valence-corrected chi connectivity index (χ1v) is 5.90. The molecule has 1 aromatic carbocycles. The van der Waals surface area contributed by atoms with Crippen LogP contribution in [-0.2, 0) is 5.41 Å². The van der Waals surface area contributed by atoms with Gasteiger partial charge in [-0.05, 0) is 30.7 Å². The number of nitrogens with one attached hydrogen (secondary N) is 1. The Balaban J connectivity index is 2.90. The molecule has 0 heterocycles. The molecule has 0 spiro atoms. The van der Waals surface area contributed by atoms with Crippen LogP contribution in [0, 0.1) is 0 Å². The van der Waals surface area contributed by atoms with Gasteiger partial charge in [-0.1, -0.05) is 32.4 Å². The Morgan fingerprint density at radius 2 is 2.00 bits per heavy atom. The molecule has 0 amide bonds. The molecule has 1 aromatic rings. The first kappa shape index (κ1) is 13.3. The van der Waals surface area contributed by atoms with E-state index >= 15 is 0 Å². The highest BCUT2D eigenvalue weighted by atomic mass is 35.5. The minimum Gasteiger partial charge on any atom is -0.492 e. The second kappa shape index (κ2) is 5.55. The average molecular weight is 242 g/mol. The molecule has 0 bridgehead atoms. The molecule has 0 aliphatic rings. The number of hydrogen-bond acceptors (Lipinski definition) is 2. The fraction of sp³-hybridized carbons (Fsp3) is 0.538. The Bertz CT molecular complexity index is 344. The van der Waals surface area contributed by atoms with Crippen LogP contribution in [0.4, 0.5) is 0 Å². The van der Waals surface area contributed by atoms with E-state index in [9.17, 15) is 0 Å². The third-order valence-electron chi connectivity index (χ3n) is 2.36. The first-order valence-electron chi connectivity index (χ1n) is 5.52. The first-order chi connectivity index (χ1) is 7.45. The molecule has 0 atom stereocenters. The molecule has 16 heavy (non-hydrogen) atoms. The third-order valence-corrected chi connectivity index (χ3v) is 2.59. The predicted octanol–water partition coefficient (Wildman–Crippen LogP) is 3.24. The molecule has 0 saturated heterocycles. The summed E-state index contributed by atoms with van der Waals surface area (Å²) < 4.78 is 5.74. The maximum absolute atomic E-state index is 6.02. The van der Waals surface area contributed by atoms with E-state index in [0.717, 1.165) is 22.9 Å². The van der Waals surface area contributed by atoms with Gasteiger partial charge in [-0.2, -0.15) is 0 Å². The second-order valence-electron chi connectivity index (χ2n) is 4.84.